The minimum atomic E-state index is -0.664. The fourth-order valence-electron chi connectivity index (χ4n) is 2.72. The maximum Gasteiger partial charge on any atom is 0.289 e. The van der Waals surface area contributed by atoms with Crippen molar-refractivity contribution in [3.05, 3.63) is 60.8 Å². The zero-order valence-electron chi connectivity index (χ0n) is 14.3. The van der Waals surface area contributed by atoms with Gasteiger partial charge in [-0.25, -0.2) is 9.98 Å². The van der Waals surface area contributed by atoms with Crippen molar-refractivity contribution in [1.29, 1.82) is 0 Å². The highest BCUT2D eigenvalue weighted by molar-refractivity contribution is 6.39. The fourth-order valence-corrected chi connectivity index (χ4v) is 2.72. The van der Waals surface area contributed by atoms with Gasteiger partial charge in [0, 0.05) is 38.6 Å². The van der Waals surface area contributed by atoms with Gasteiger partial charge in [-0.1, -0.05) is 43.5 Å². The van der Waals surface area contributed by atoms with Gasteiger partial charge in [0.05, 0.1) is 6.10 Å². The van der Waals surface area contributed by atoms with E-state index in [-0.39, 0.29) is 12.4 Å². The molecule has 132 valence electrons. The molecule has 1 aliphatic rings. The van der Waals surface area contributed by atoms with E-state index in [1.54, 1.807) is 0 Å². The summed E-state index contributed by atoms with van der Waals surface area (Å²) in [6, 6.07) is 8.35. The normalized spacial score (nSPS) is 16.3. The van der Waals surface area contributed by atoms with Crippen molar-refractivity contribution in [2.45, 2.75) is 19.1 Å². The van der Waals surface area contributed by atoms with Gasteiger partial charge in [0.1, 0.15) is 0 Å². The lowest BCUT2D eigenvalue weighted by Crippen LogP contribution is -2.43. The summed E-state index contributed by atoms with van der Waals surface area (Å²) in [4.78, 5) is 21.9. The Labute approximate surface area is 148 Å². The molecule has 0 bridgehead atoms. The Morgan fingerprint density at radius 3 is 2.84 bits per heavy atom. The molecule has 1 heterocycles. The molecule has 0 saturated carbocycles. The van der Waals surface area contributed by atoms with Gasteiger partial charge >= 0.3 is 0 Å². The maximum atomic E-state index is 12.0. The maximum absolute atomic E-state index is 12.0. The molecular weight excluding hydrogens is 316 g/mol. The Morgan fingerprint density at radius 1 is 1.36 bits per heavy atom. The minimum Gasteiger partial charge on any atom is -0.390 e. The summed E-state index contributed by atoms with van der Waals surface area (Å²) in [5.41, 5.74) is 2.66. The van der Waals surface area contributed by atoms with Crippen LogP contribution in [0.4, 0.5) is 0 Å². The third-order valence-electron chi connectivity index (χ3n) is 3.90. The van der Waals surface area contributed by atoms with Crippen molar-refractivity contribution in [2.24, 2.45) is 9.98 Å². The lowest BCUT2D eigenvalue weighted by atomic mass is 10.00. The third kappa shape index (κ3) is 5.77. The Hall–Kier alpha value is -2.57. The number of nitrogens with one attached hydrogen (secondary N) is 1. The van der Waals surface area contributed by atoms with E-state index in [1.165, 1.54) is 29.6 Å². The number of fused-ring (bicyclic) bond motifs is 1. The molecule has 0 radical (unpaired) electrons. The average molecular weight is 340 g/mol. The number of benzene rings is 1. The summed E-state index contributed by atoms with van der Waals surface area (Å²) in [7, 11) is 0. The first kappa shape index (κ1) is 18.8. The number of allylic oxidation sites excluding steroid dienone is 1. The van der Waals surface area contributed by atoms with Crippen LogP contribution in [0.1, 0.15) is 11.1 Å². The van der Waals surface area contributed by atoms with Crippen LogP contribution in [0.5, 0.6) is 0 Å². The van der Waals surface area contributed by atoms with Crippen LogP contribution in [0.25, 0.3) is 0 Å². The second kappa shape index (κ2) is 9.66. The first-order chi connectivity index (χ1) is 12.1. The summed E-state index contributed by atoms with van der Waals surface area (Å²) < 4.78 is 0. The Bertz CT molecular complexity index is 682. The summed E-state index contributed by atoms with van der Waals surface area (Å²) >= 11 is 0. The largest absolute Gasteiger partial charge is 0.390 e. The number of carbonyl (C=O) groups is 1. The van der Waals surface area contributed by atoms with Crippen LogP contribution in [0, 0.1) is 0 Å². The molecular formula is C19H24N4O2. The topological polar surface area (TPSA) is 77.3 Å². The molecule has 1 amide bonds. The molecule has 0 fully saturated rings. The number of aliphatic imine (C=N–C) groups is 2. The number of rotatable bonds is 6. The van der Waals surface area contributed by atoms with E-state index in [0.717, 1.165) is 19.5 Å². The fraction of sp³-hybridized carbons (Fsp3) is 0.316. The second-order valence-corrected chi connectivity index (χ2v) is 5.77. The summed E-state index contributed by atoms with van der Waals surface area (Å²) in [5, 5.41) is 12.9. The van der Waals surface area contributed by atoms with Crippen molar-refractivity contribution in [3.63, 3.8) is 0 Å². The monoisotopic (exact) mass is 340 g/mol. The Morgan fingerprint density at radius 2 is 2.12 bits per heavy atom. The standard InChI is InChI=1S/C19H24N4O2/c1-3-10-21-18(20-4-2)19(25)22-12-17(24)14-23-11-9-15-7-5-6-8-16(15)13-23/h3-8,10,17,24H,1-2,9,11-14H2,(H,22,25)/b20-18-,21-10-. The van der Waals surface area contributed by atoms with Gasteiger partial charge in [-0.05, 0) is 17.5 Å². The lowest BCUT2D eigenvalue weighted by molar-refractivity contribution is -0.115. The molecule has 0 saturated heterocycles. The quantitative estimate of drug-likeness (QED) is 0.606. The van der Waals surface area contributed by atoms with Crippen molar-refractivity contribution in [2.75, 3.05) is 19.6 Å². The number of hydrogen-bond donors (Lipinski definition) is 2. The number of nitrogens with zero attached hydrogens (tertiary/aromatic N) is 3. The first-order valence-electron chi connectivity index (χ1n) is 8.23. The first-order valence-corrected chi connectivity index (χ1v) is 8.23. The molecule has 1 atom stereocenters. The number of hydrogen-bond acceptors (Lipinski definition) is 4. The van der Waals surface area contributed by atoms with Crippen molar-refractivity contribution in [1.82, 2.24) is 10.2 Å². The number of β-amino-alcohol motifs (C(OH)–C–C–N with tert-alkyl or cyclic N) is 1. The van der Waals surface area contributed by atoms with E-state index in [0.29, 0.717) is 6.54 Å². The Balaban J connectivity index is 1.82. The highest BCUT2D eigenvalue weighted by Gasteiger charge is 2.19. The lowest BCUT2D eigenvalue weighted by Gasteiger charge is -2.30. The smallest absolute Gasteiger partial charge is 0.289 e. The highest BCUT2D eigenvalue weighted by Crippen LogP contribution is 2.18. The second-order valence-electron chi connectivity index (χ2n) is 5.77. The van der Waals surface area contributed by atoms with Crippen LogP contribution in [-0.4, -0.2) is 53.7 Å². The highest BCUT2D eigenvalue weighted by atomic mass is 16.3. The van der Waals surface area contributed by atoms with E-state index < -0.39 is 12.0 Å². The van der Waals surface area contributed by atoms with Gasteiger partial charge in [0.15, 0.2) is 0 Å². The van der Waals surface area contributed by atoms with Crippen LogP contribution in [0.2, 0.25) is 0 Å². The molecule has 0 aliphatic carbocycles. The third-order valence-corrected chi connectivity index (χ3v) is 3.90. The van der Waals surface area contributed by atoms with E-state index in [1.807, 2.05) is 6.07 Å². The molecule has 1 unspecified atom stereocenters. The van der Waals surface area contributed by atoms with Gasteiger partial charge < -0.3 is 10.4 Å². The van der Waals surface area contributed by atoms with E-state index in [2.05, 4.69) is 51.6 Å². The SMILES string of the molecule is C=C/C=N\C(=N/C=C)C(=O)NCC(O)CN1CCc2ccccc2C1. The van der Waals surface area contributed by atoms with Gasteiger partial charge in [-0.2, -0.15) is 0 Å². The van der Waals surface area contributed by atoms with Gasteiger partial charge in [-0.3, -0.25) is 9.69 Å². The summed E-state index contributed by atoms with van der Waals surface area (Å²) in [6.45, 7) is 9.30. The number of aliphatic hydroxyl groups is 1. The van der Waals surface area contributed by atoms with Crippen LogP contribution in [0.15, 0.2) is 59.7 Å². The number of aliphatic hydroxyl groups excluding tert-OH is 1. The van der Waals surface area contributed by atoms with Gasteiger partial charge in [-0.15, -0.1) is 0 Å². The summed E-state index contributed by atoms with van der Waals surface area (Å²) in [5.74, 6) is -0.477. The Kier molecular flexibility index (Phi) is 7.25. The van der Waals surface area contributed by atoms with Crippen LogP contribution in [-0.2, 0) is 17.8 Å². The molecule has 6 heteroatoms. The molecule has 1 aromatic rings. The summed E-state index contributed by atoms with van der Waals surface area (Å²) in [6.07, 6.45) is 4.39. The number of amides is 1. The molecule has 0 aromatic heterocycles. The van der Waals surface area contributed by atoms with Crippen LogP contribution in [0.3, 0.4) is 0 Å². The average Bonchev–Trinajstić information content (AvgIpc) is 2.63. The van der Waals surface area contributed by atoms with Crippen LogP contribution >= 0.6 is 0 Å². The molecule has 25 heavy (non-hydrogen) atoms. The zero-order valence-corrected chi connectivity index (χ0v) is 14.3. The van der Waals surface area contributed by atoms with Crippen LogP contribution < -0.4 is 5.32 Å². The van der Waals surface area contributed by atoms with Crippen molar-refractivity contribution >= 4 is 18.0 Å². The zero-order chi connectivity index (χ0) is 18.1. The van der Waals surface area contributed by atoms with Crippen molar-refractivity contribution in [3.8, 4) is 0 Å². The molecule has 6 nitrogen and oxygen atoms in total. The number of amidine groups is 1. The van der Waals surface area contributed by atoms with Gasteiger partial charge in [0.25, 0.3) is 5.91 Å². The molecule has 2 N–H and O–H groups in total. The van der Waals surface area contributed by atoms with E-state index in [4.69, 9.17) is 0 Å². The van der Waals surface area contributed by atoms with E-state index in [9.17, 15) is 9.90 Å². The number of carbonyl (C=O) groups excluding carboxylic acids is 1. The van der Waals surface area contributed by atoms with Gasteiger partial charge in [0.2, 0.25) is 5.84 Å². The van der Waals surface area contributed by atoms with Crippen molar-refractivity contribution < 1.29 is 9.90 Å². The van der Waals surface area contributed by atoms with E-state index >= 15 is 0 Å². The molecule has 1 aliphatic heterocycles. The predicted octanol–water partition coefficient (Wildman–Crippen LogP) is 1.32. The molecule has 0 spiro atoms. The molecule has 1 aromatic carbocycles. The molecule has 2 rings (SSSR count). The minimum absolute atomic E-state index is 0.0194. The predicted molar refractivity (Wildman–Crippen MR) is 101 cm³/mol.